The first-order valence-electron chi connectivity index (χ1n) is 29.2. The van der Waals surface area contributed by atoms with E-state index in [2.05, 4.69) is 179 Å². The number of nitrogens with one attached hydrogen (secondary N) is 1. The third-order valence-electron chi connectivity index (χ3n) is 12.5. The molecule has 0 bridgehead atoms. The fourth-order valence-corrected chi connectivity index (χ4v) is 11.6. The van der Waals surface area contributed by atoms with Gasteiger partial charge in [0.25, 0.3) is 0 Å². The third-order valence-corrected chi connectivity index (χ3v) is 15.9. The molecule has 6 heterocycles. The third kappa shape index (κ3) is 34.4. The van der Waals surface area contributed by atoms with Gasteiger partial charge in [0.05, 0.1) is 60.9 Å². The molecular weight excluding hydrogens is 1970 g/mol. The predicted octanol–water partition coefficient (Wildman–Crippen LogP) is 20.3. The van der Waals surface area contributed by atoms with Crippen LogP contribution < -0.4 is 62.4 Å². The molecule has 3 N–H and O–H groups in total. The van der Waals surface area contributed by atoms with Gasteiger partial charge in [-0.25, -0.2) is 39.9 Å². The van der Waals surface area contributed by atoms with E-state index in [9.17, 15) is 40.5 Å². The van der Waals surface area contributed by atoms with Gasteiger partial charge < -0.3 is 22.9 Å². The molecule has 2 aliphatic rings. The summed E-state index contributed by atoms with van der Waals surface area (Å²) in [5.74, 6) is 0.697. The average molecular weight is 2030 g/mol. The van der Waals surface area contributed by atoms with Crippen LogP contribution in [0.5, 0.6) is 0 Å². The molecule has 0 radical (unpaired) electrons. The standard InChI is InChI=1S/C16H15Cl2N3.C10H10Cl2N2.C9H8Cl2N4O2.C6H2Cl2N4O2.C6H6ClN.C5H2BrCl2N3O2.C5H3Cl2N3O2.C3H7Br.CN.Br2.K/c1-9(2)12-6-7-13-14(12)20-16(18)21-15(13)19-11-5-3-4-10(17)8-11;1-5(2)6-3-4-7-8(6)13-10(12)14-9(7)11;1-4(2)5(3-12)6-7(15(16)17)8(10)14-9(11)13-6;7-5-4(12(13)14)3(1-2-9)10-6(8)11-5;7-5-2-1-3-6(8)4-5;6-1-2-3(11(12)13)4(7)10-5(8)9-2;1-2-3(10(11)12)4(6)9-5(7)8-2;1-3(2)4;2*1-2;/h3-6,8-9H,7H2,1-2H3,(H,19,20,21);3,5H,4H2,1-2H3;4-5H,1-2H3;1H2;1-4H,8H2;1H2;1H3;3H,1-2H3;;;/q;;;;;;;;-1;;+1. The number of halogens is 17. The van der Waals surface area contributed by atoms with Gasteiger partial charge in [-0.15, -0.1) is 0 Å². The van der Waals surface area contributed by atoms with Crippen molar-refractivity contribution in [3.8, 4) is 12.1 Å². The van der Waals surface area contributed by atoms with Gasteiger partial charge in [-0.1, -0.05) is 193 Å². The smallest absolute Gasteiger partial charge is 0.512 e. The summed E-state index contributed by atoms with van der Waals surface area (Å²) in [5, 5.41) is 69.9. The van der Waals surface area contributed by atoms with E-state index < -0.39 is 37.0 Å². The van der Waals surface area contributed by atoms with Gasteiger partial charge in [-0.3, -0.25) is 40.5 Å². The zero-order valence-corrected chi connectivity index (χ0v) is 76.5. The molecule has 108 heavy (non-hydrogen) atoms. The maximum absolute atomic E-state index is 10.9. The number of nitrogens with two attached hydrogens (primary N) is 1. The Hall–Kier alpha value is -4.60. The van der Waals surface area contributed by atoms with E-state index in [1.165, 1.54) is 18.1 Å². The summed E-state index contributed by atoms with van der Waals surface area (Å²) >= 11 is 85.2. The second-order valence-electron chi connectivity index (χ2n) is 21.3. The van der Waals surface area contributed by atoms with Gasteiger partial charge in [-0.2, -0.15) is 30.5 Å². The number of anilines is 3. The van der Waals surface area contributed by atoms with Crippen molar-refractivity contribution in [2.45, 2.75) is 97.7 Å². The molecule has 2 aliphatic carbocycles. The van der Waals surface area contributed by atoms with Crippen LogP contribution in [0.15, 0.2) is 60.7 Å². The van der Waals surface area contributed by atoms with Gasteiger partial charge in [0, 0.05) is 65.6 Å². The second-order valence-corrected chi connectivity index (χ2v) is 28.3. The molecule has 6 aromatic heterocycles. The van der Waals surface area contributed by atoms with Gasteiger partial charge in [-0.05, 0) is 155 Å². The number of benzene rings is 2. The van der Waals surface area contributed by atoms with Crippen LogP contribution in [0.25, 0.3) is 11.1 Å². The minimum atomic E-state index is -0.756. The Labute approximate surface area is 758 Å². The van der Waals surface area contributed by atoms with Crippen molar-refractivity contribution in [1.29, 1.82) is 15.8 Å². The van der Waals surface area contributed by atoms with E-state index >= 15 is 0 Å². The quantitative estimate of drug-likeness (QED) is 0.0168. The number of rotatable bonds is 12. The second kappa shape index (κ2) is 52.7. The summed E-state index contributed by atoms with van der Waals surface area (Å²) in [4.78, 5) is 85.4. The maximum Gasteiger partial charge on any atom is 1.00 e. The monoisotopic (exact) mass is 2020 g/mol. The first-order chi connectivity index (χ1) is 50.2. The number of aryl methyl sites for hydroxylation is 1. The Morgan fingerprint density at radius 2 is 0.917 bits per heavy atom. The topological polar surface area (TPSA) is 437 Å². The van der Waals surface area contributed by atoms with Crippen LogP contribution in [0, 0.1) is 99.6 Å². The number of alkyl halides is 2. The van der Waals surface area contributed by atoms with Crippen molar-refractivity contribution in [3.05, 3.63) is 221 Å². The summed E-state index contributed by atoms with van der Waals surface area (Å²) in [6.45, 7) is 22.4. The van der Waals surface area contributed by atoms with Crippen molar-refractivity contribution in [1.82, 2.24) is 59.8 Å². The van der Waals surface area contributed by atoms with Crippen LogP contribution >= 0.6 is 211 Å². The number of nitrogens with zero attached hydrogens (tertiary/aromatic N) is 19. The molecular formula is C61H53Br4Cl13KN21O8. The summed E-state index contributed by atoms with van der Waals surface area (Å²) in [6, 6.07) is 18.3. The van der Waals surface area contributed by atoms with Crippen LogP contribution in [0.2, 0.25) is 67.5 Å². The molecule has 0 saturated heterocycles. The molecule has 0 saturated carbocycles. The first kappa shape index (κ1) is 103. The van der Waals surface area contributed by atoms with Crippen LogP contribution in [-0.4, -0.2) is 84.3 Å². The van der Waals surface area contributed by atoms with E-state index in [4.69, 9.17) is 179 Å². The SMILES string of the molecule is BrBr.CC(C)Br.CC(C)C(C#N)c1nc(Cl)nc(Cl)c1[N+](=O)[O-].CC(C)C1=CCc2c(Cl)nc(Cl)nc21.CC(C)C1=CCc2c(Nc3cccc(Cl)c3)nc(Cl)nc21.Cc1nc(Cl)nc(Cl)c1[N+](=O)[O-].N#CCc1nc(Cl)nc(Cl)c1[N+](=O)[O-].Nc1cccc(Cl)c1.O=[N+]([O-])c1c(Cl)nc(Cl)nc1CBr.[C-]#N.[K+]. The van der Waals surface area contributed by atoms with Crippen molar-refractivity contribution in [3.63, 3.8) is 0 Å². The number of hydrogen-bond acceptors (Lipinski definition) is 25. The summed E-state index contributed by atoms with van der Waals surface area (Å²) in [6.07, 6.45) is 5.75. The van der Waals surface area contributed by atoms with E-state index in [0.717, 1.165) is 46.9 Å². The number of nitro groups is 4. The van der Waals surface area contributed by atoms with Crippen LogP contribution in [0.4, 0.5) is 39.9 Å². The first-order valence-corrected chi connectivity index (χ1v) is 39.8. The Morgan fingerprint density at radius 3 is 1.31 bits per heavy atom. The molecule has 8 aromatic rings. The number of nitriles is 2. The maximum atomic E-state index is 10.9. The summed E-state index contributed by atoms with van der Waals surface area (Å²) in [7, 11) is 0. The summed E-state index contributed by atoms with van der Waals surface area (Å²) < 4.78 is 0. The van der Waals surface area contributed by atoms with Gasteiger partial charge in [0.15, 0.2) is 0 Å². The van der Waals surface area contributed by atoms with Crippen molar-refractivity contribution < 1.29 is 71.1 Å². The molecule has 2 aromatic carbocycles. The Morgan fingerprint density at radius 1 is 0.537 bits per heavy atom. The van der Waals surface area contributed by atoms with E-state index in [-0.39, 0.29) is 156 Å². The number of nitrogen functional groups attached to an aromatic ring is 1. The predicted molar refractivity (Wildman–Crippen MR) is 434 cm³/mol. The van der Waals surface area contributed by atoms with E-state index in [1.54, 1.807) is 38.1 Å². The fraction of sp³-hybridized carbons (Fsp3) is 0.295. The molecule has 0 aliphatic heterocycles. The number of fused-ring (bicyclic) bond motifs is 2. The van der Waals surface area contributed by atoms with Crippen molar-refractivity contribution in [2.75, 3.05) is 11.1 Å². The molecule has 570 valence electrons. The Balaban J connectivity index is 0.00000123. The van der Waals surface area contributed by atoms with Crippen molar-refractivity contribution >= 4 is 262 Å². The zero-order chi connectivity index (χ0) is 82.0. The van der Waals surface area contributed by atoms with Gasteiger partial charge in [0.2, 0.25) is 52.3 Å². The minimum absolute atomic E-state index is 0. The normalized spacial score (nSPS) is 11.0. The average Bonchev–Trinajstić information content (AvgIpc) is 1.61. The number of aromatic nitrogens is 12. The Bertz CT molecular complexity index is 4590. The van der Waals surface area contributed by atoms with Crippen LogP contribution in [0.3, 0.4) is 0 Å². The van der Waals surface area contributed by atoms with E-state index in [1.807, 2.05) is 36.4 Å². The van der Waals surface area contributed by atoms with Gasteiger partial charge in [0.1, 0.15) is 33.7 Å². The molecule has 29 nitrogen and oxygen atoms in total. The molecule has 0 amide bonds. The Kier molecular flexibility index (Phi) is 50.4. The van der Waals surface area contributed by atoms with E-state index in [0.29, 0.717) is 37.5 Å². The molecule has 1 unspecified atom stereocenters. The molecule has 0 fully saturated rings. The van der Waals surface area contributed by atoms with Crippen molar-refractivity contribution in [2.24, 2.45) is 17.8 Å². The van der Waals surface area contributed by atoms with Crippen LogP contribution in [0.1, 0.15) is 107 Å². The fourth-order valence-electron chi connectivity index (χ4n) is 8.26. The molecule has 1 atom stereocenters. The molecule has 0 spiro atoms. The number of allylic oxidation sites excluding steroid dienone is 4. The minimum Gasteiger partial charge on any atom is -0.512 e. The van der Waals surface area contributed by atoms with Gasteiger partial charge >= 0.3 is 74.1 Å². The largest absolute Gasteiger partial charge is 1.00 e. The number of hydrogen-bond donors (Lipinski definition) is 2. The molecule has 10 rings (SSSR count). The van der Waals surface area contributed by atoms with Crippen LogP contribution in [-0.2, 0) is 24.6 Å². The molecule has 47 heteroatoms. The zero-order valence-electron chi connectivity index (χ0n) is 57.3. The summed E-state index contributed by atoms with van der Waals surface area (Å²) in [5.41, 5.74) is 12.0.